The molecule has 1 atom stereocenters. The Morgan fingerprint density at radius 1 is 1.03 bits per heavy atom. The van der Waals surface area contributed by atoms with Crippen molar-refractivity contribution in [1.29, 1.82) is 0 Å². The van der Waals surface area contributed by atoms with Gasteiger partial charge in [-0.05, 0) is 42.3 Å². The summed E-state index contributed by atoms with van der Waals surface area (Å²) < 4.78 is 68.5. The highest BCUT2D eigenvalue weighted by atomic mass is 32.2. The molecule has 36 heavy (non-hydrogen) atoms. The van der Waals surface area contributed by atoms with Gasteiger partial charge in [-0.25, -0.2) is 8.42 Å². The molecule has 0 aromatic heterocycles. The predicted octanol–water partition coefficient (Wildman–Crippen LogP) is 4.24. The number of para-hydroxylation sites is 2. The van der Waals surface area contributed by atoms with E-state index in [0.29, 0.717) is 6.07 Å². The minimum absolute atomic E-state index is 0.0507. The summed E-state index contributed by atoms with van der Waals surface area (Å²) >= 11 is 0. The molecule has 3 aromatic rings. The van der Waals surface area contributed by atoms with Crippen molar-refractivity contribution in [3.63, 3.8) is 0 Å². The van der Waals surface area contributed by atoms with Crippen LogP contribution in [0.5, 0.6) is 0 Å². The molecule has 1 unspecified atom stereocenters. The van der Waals surface area contributed by atoms with Gasteiger partial charge < -0.3 is 10.6 Å². The van der Waals surface area contributed by atoms with E-state index in [0.717, 1.165) is 22.0 Å². The Morgan fingerprint density at radius 3 is 2.39 bits per heavy atom. The van der Waals surface area contributed by atoms with Crippen molar-refractivity contribution in [3.05, 3.63) is 89.5 Å². The molecule has 7 nitrogen and oxygen atoms in total. The number of carbonyl (C=O) groups excluding carboxylic acids is 2. The van der Waals surface area contributed by atoms with Gasteiger partial charge in [-0.2, -0.15) is 13.2 Å². The minimum Gasteiger partial charge on any atom is -0.352 e. The van der Waals surface area contributed by atoms with Crippen LogP contribution in [0, 0.1) is 6.92 Å². The first kappa shape index (κ1) is 25.2. The minimum atomic E-state index is -4.77. The van der Waals surface area contributed by atoms with Gasteiger partial charge in [0.2, 0.25) is 11.8 Å². The van der Waals surface area contributed by atoms with Crippen LogP contribution in [0.15, 0.2) is 77.7 Å². The summed E-state index contributed by atoms with van der Waals surface area (Å²) in [4.78, 5) is 25.1. The Hall–Kier alpha value is -3.86. The summed E-state index contributed by atoms with van der Waals surface area (Å²) in [6.07, 6.45) is -5.31. The lowest BCUT2D eigenvalue weighted by molar-refractivity contribution is -0.137. The van der Waals surface area contributed by atoms with Crippen LogP contribution >= 0.6 is 0 Å². The first-order chi connectivity index (χ1) is 17.0. The maximum Gasteiger partial charge on any atom is 0.416 e. The number of carbonyl (C=O) groups is 2. The van der Waals surface area contributed by atoms with Crippen LogP contribution in [0.2, 0.25) is 0 Å². The second-order valence-electron chi connectivity index (χ2n) is 8.27. The highest BCUT2D eigenvalue weighted by Gasteiger charge is 2.43. The van der Waals surface area contributed by atoms with E-state index in [2.05, 4.69) is 10.6 Å². The lowest BCUT2D eigenvalue weighted by Gasteiger charge is -2.37. The average Bonchev–Trinajstić information content (AvgIpc) is 2.83. The van der Waals surface area contributed by atoms with Gasteiger partial charge in [0.05, 0.1) is 28.3 Å². The second-order valence-corrected chi connectivity index (χ2v) is 10.1. The third-order valence-corrected chi connectivity index (χ3v) is 7.71. The van der Waals surface area contributed by atoms with E-state index in [-0.39, 0.29) is 23.5 Å². The zero-order valence-corrected chi connectivity index (χ0v) is 19.9. The molecule has 0 aliphatic carbocycles. The van der Waals surface area contributed by atoms with E-state index in [9.17, 15) is 31.2 Å². The number of benzene rings is 3. The third-order valence-electron chi connectivity index (χ3n) is 5.75. The number of hydrogen-bond acceptors (Lipinski definition) is 4. The van der Waals surface area contributed by atoms with Crippen molar-refractivity contribution in [2.24, 2.45) is 0 Å². The molecule has 2 amide bonds. The van der Waals surface area contributed by atoms with E-state index in [1.165, 1.54) is 25.1 Å². The number of fused-ring (bicyclic) bond motifs is 1. The molecule has 0 bridgehead atoms. The van der Waals surface area contributed by atoms with E-state index in [1.54, 1.807) is 30.3 Å². The van der Waals surface area contributed by atoms with Crippen molar-refractivity contribution in [2.45, 2.75) is 37.0 Å². The number of hydrogen-bond donors (Lipinski definition) is 2. The van der Waals surface area contributed by atoms with E-state index in [1.807, 2.05) is 6.07 Å². The number of rotatable bonds is 6. The number of alkyl halides is 3. The molecule has 0 saturated carbocycles. The summed E-state index contributed by atoms with van der Waals surface area (Å²) in [5.74, 6) is -1.36. The van der Waals surface area contributed by atoms with Gasteiger partial charge in [0, 0.05) is 6.54 Å². The number of amides is 2. The van der Waals surface area contributed by atoms with Crippen LogP contribution in [0.1, 0.15) is 23.1 Å². The number of halogens is 3. The fraction of sp³-hybridized carbons (Fsp3) is 0.200. The summed E-state index contributed by atoms with van der Waals surface area (Å²) in [5, 5.41) is 5.24. The molecule has 2 N–H and O–H groups in total. The molecule has 1 heterocycles. The Balaban J connectivity index is 1.73. The Morgan fingerprint density at radius 2 is 1.69 bits per heavy atom. The zero-order chi connectivity index (χ0) is 26.1. The predicted molar refractivity (Wildman–Crippen MR) is 128 cm³/mol. The molecular weight excluding hydrogens is 495 g/mol. The molecule has 11 heteroatoms. The maximum atomic E-state index is 13.8. The Kier molecular flexibility index (Phi) is 6.77. The Bertz CT molecular complexity index is 1410. The van der Waals surface area contributed by atoms with Crippen molar-refractivity contribution in [2.75, 3.05) is 9.62 Å². The van der Waals surface area contributed by atoms with Crippen molar-refractivity contribution in [1.82, 2.24) is 5.32 Å². The summed E-state index contributed by atoms with van der Waals surface area (Å²) in [7, 11) is -4.69. The first-order valence-corrected chi connectivity index (χ1v) is 12.4. The quantitative estimate of drug-likeness (QED) is 0.512. The van der Waals surface area contributed by atoms with Crippen molar-refractivity contribution in [3.8, 4) is 0 Å². The fourth-order valence-corrected chi connectivity index (χ4v) is 5.83. The van der Waals surface area contributed by atoms with Crippen LogP contribution in [0.4, 0.5) is 24.5 Å². The van der Waals surface area contributed by atoms with Gasteiger partial charge in [-0.1, -0.05) is 48.5 Å². The smallest absolute Gasteiger partial charge is 0.352 e. The number of nitrogens with one attached hydrogen (secondary N) is 2. The normalized spacial score (nSPS) is 15.7. The van der Waals surface area contributed by atoms with Crippen LogP contribution in [0.25, 0.3) is 0 Å². The van der Waals surface area contributed by atoms with Crippen LogP contribution < -0.4 is 14.9 Å². The molecule has 188 valence electrons. The number of nitrogens with zero attached hydrogens (tertiary/aromatic N) is 1. The number of sulfonamides is 1. The van der Waals surface area contributed by atoms with Crippen molar-refractivity contribution < 1.29 is 31.2 Å². The molecule has 4 rings (SSSR count). The Labute approximate surface area is 206 Å². The van der Waals surface area contributed by atoms with Gasteiger partial charge in [0.1, 0.15) is 6.04 Å². The highest BCUT2D eigenvalue weighted by Crippen LogP contribution is 2.39. The summed E-state index contributed by atoms with van der Waals surface area (Å²) in [6, 6.07) is 15.9. The second kappa shape index (κ2) is 9.65. The lowest BCUT2D eigenvalue weighted by Crippen LogP contribution is -2.52. The molecule has 0 saturated heterocycles. The molecule has 0 spiro atoms. The topological polar surface area (TPSA) is 95.6 Å². The van der Waals surface area contributed by atoms with Gasteiger partial charge in [0.15, 0.2) is 0 Å². The highest BCUT2D eigenvalue weighted by molar-refractivity contribution is 7.93. The van der Waals surface area contributed by atoms with Crippen LogP contribution in [-0.2, 0) is 32.3 Å². The number of anilines is 2. The van der Waals surface area contributed by atoms with Gasteiger partial charge in [-0.3, -0.25) is 13.9 Å². The number of aryl methyl sites for hydroxylation is 1. The summed E-state index contributed by atoms with van der Waals surface area (Å²) in [6.45, 7) is 1.52. The first-order valence-electron chi connectivity index (χ1n) is 10.9. The standard InChI is InChI=1S/C25H22F3N3O4S/c1-16-11-12-18(25(26,27)28)13-22(16)36(34,35)31-20-10-6-5-9-19(20)30-24(33)21(31)14-23(32)29-15-17-7-3-2-4-8-17/h2-13,21H,14-15H2,1H3,(H,29,32)(H,30,33). The molecule has 1 aliphatic rings. The van der Waals surface area contributed by atoms with Crippen LogP contribution in [0.3, 0.4) is 0 Å². The lowest BCUT2D eigenvalue weighted by atomic mass is 10.1. The monoisotopic (exact) mass is 517 g/mol. The molecule has 0 fully saturated rings. The van der Waals surface area contributed by atoms with Gasteiger partial charge >= 0.3 is 6.18 Å². The molecule has 3 aromatic carbocycles. The molecule has 0 radical (unpaired) electrons. The van der Waals surface area contributed by atoms with Gasteiger partial charge in [0.25, 0.3) is 10.0 Å². The van der Waals surface area contributed by atoms with Crippen molar-refractivity contribution >= 4 is 33.2 Å². The molecule has 1 aliphatic heterocycles. The van der Waals surface area contributed by atoms with E-state index >= 15 is 0 Å². The maximum absolute atomic E-state index is 13.8. The third kappa shape index (κ3) is 5.06. The zero-order valence-electron chi connectivity index (χ0n) is 19.0. The molecular formula is C25H22F3N3O4S. The average molecular weight is 518 g/mol. The fourth-order valence-electron chi connectivity index (χ4n) is 3.94. The SMILES string of the molecule is Cc1ccc(C(F)(F)F)cc1S(=O)(=O)N1c2ccccc2NC(=O)C1CC(=O)NCc1ccccc1. The van der Waals surface area contributed by atoms with E-state index in [4.69, 9.17) is 0 Å². The summed E-state index contributed by atoms with van der Waals surface area (Å²) in [5.41, 5.74) is -0.0582. The van der Waals surface area contributed by atoms with E-state index < -0.39 is 50.9 Å². The van der Waals surface area contributed by atoms with Crippen LogP contribution in [-0.4, -0.2) is 26.3 Å². The van der Waals surface area contributed by atoms with Gasteiger partial charge in [-0.15, -0.1) is 0 Å². The largest absolute Gasteiger partial charge is 0.416 e.